The Hall–Kier alpha value is -0.610. The number of rotatable bonds is 0. The lowest BCUT2D eigenvalue weighted by atomic mass is 10.0. The second-order valence-electron chi connectivity index (χ2n) is 4.77. The molecule has 0 N–H and O–H groups in total. The zero-order chi connectivity index (χ0) is 9.92. The summed E-state index contributed by atoms with van der Waals surface area (Å²) >= 11 is 0. The number of carbonyl (C=O) groups is 1. The third-order valence-electron chi connectivity index (χ3n) is 3.27. The van der Waals surface area contributed by atoms with Crippen LogP contribution in [0, 0.1) is 5.92 Å². The summed E-state index contributed by atoms with van der Waals surface area (Å²) in [5.74, 6) is -0.368. The molecule has 4 nitrogen and oxygen atoms in total. The summed E-state index contributed by atoms with van der Waals surface area (Å²) < 4.78 is 16.7. The Morgan fingerprint density at radius 3 is 2.86 bits per heavy atom. The molecular weight excluding hydrogens is 184 g/mol. The zero-order valence-corrected chi connectivity index (χ0v) is 8.36. The first-order valence-electron chi connectivity index (χ1n) is 5.10. The van der Waals surface area contributed by atoms with Crippen LogP contribution in [0.4, 0.5) is 0 Å². The van der Waals surface area contributed by atoms with Crippen LogP contribution in [-0.4, -0.2) is 30.1 Å². The van der Waals surface area contributed by atoms with Crippen molar-refractivity contribution >= 4 is 5.97 Å². The smallest absolute Gasteiger partial charge is 0.306 e. The van der Waals surface area contributed by atoms with Crippen LogP contribution in [0.15, 0.2) is 0 Å². The lowest BCUT2D eigenvalue weighted by Crippen LogP contribution is -2.27. The third kappa shape index (κ3) is 1.10. The molecule has 0 spiro atoms. The van der Waals surface area contributed by atoms with Crippen LogP contribution in [0.1, 0.15) is 26.7 Å². The van der Waals surface area contributed by atoms with Crippen molar-refractivity contribution < 1.29 is 19.0 Å². The van der Waals surface area contributed by atoms with Crippen molar-refractivity contribution in [1.82, 2.24) is 0 Å². The fraction of sp³-hybridized carbons (Fsp3) is 0.900. The van der Waals surface area contributed by atoms with E-state index in [-0.39, 0.29) is 30.2 Å². The maximum absolute atomic E-state index is 11.1. The maximum atomic E-state index is 11.1. The molecule has 0 aromatic rings. The van der Waals surface area contributed by atoms with Gasteiger partial charge in [-0.3, -0.25) is 4.79 Å². The molecule has 2 aliphatic heterocycles. The van der Waals surface area contributed by atoms with E-state index in [2.05, 4.69) is 0 Å². The van der Waals surface area contributed by atoms with E-state index in [9.17, 15) is 4.79 Å². The topological polar surface area (TPSA) is 44.8 Å². The third-order valence-corrected chi connectivity index (χ3v) is 3.27. The summed E-state index contributed by atoms with van der Waals surface area (Å²) in [7, 11) is 0. The van der Waals surface area contributed by atoms with E-state index in [4.69, 9.17) is 14.2 Å². The van der Waals surface area contributed by atoms with Gasteiger partial charge >= 0.3 is 5.97 Å². The number of carbonyl (C=O) groups excluding carboxylic acids is 1. The molecule has 0 amide bonds. The minimum Gasteiger partial charge on any atom is -0.462 e. The number of hydrogen-bond acceptors (Lipinski definition) is 4. The van der Waals surface area contributed by atoms with Gasteiger partial charge in [0.1, 0.15) is 6.10 Å². The van der Waals surface area contributed by atoms with Crippen LogP contribution in [0.25, 0.3) is 0 Å². The van der Waals surface area contributed by atoms with Crippen molar-refractivity contribution in [2.75, 3.05) is 0 Å². The Morgan fingerprint density at radius 1 is 1.29 bits per heavy atom. The molecule has 0 unspecified atom stereocenters. The predicted molar refractivity (Wildman–Crippen MR) is 46.4 cm³/mol. The Kier molecular flexibility index (Phi) is 1.55. The normalized spacial score (nSPS) is 48.9. The zero-order valence-electron chi connectivity index (χ0n) is 8.36. The summed E-state index contributed by atoms with van der Waals surface area (Å²) in [4.78, 5) is 11.1. The van der Waals surface area contributed by atoms with Gasteiger partial charge in [-0.2, -0.15) is 0 Å². The van der Waals surface area contributed by atoms with Gasteiger partial charge in [0, 0.05) is 12.3 Å². The molecule has 2 heterocycles. The molecular formula is C10H14O4. The molecule has 0 aromatic carbocycles. The molecule has 14 heavy (non-hydrogen) atoms. The van der Waals surface area contributed by atoms with Gasteiger partial charge in [-0.15, -0.1) is 0 Å². The quantitative estimate of drug-likeness (QED) is 0.541. The predicted octanol–water partition coefficient (Wildman–Crippen LogP) is 0.842. The highest BCUT2D eigenvalue weighted by Crippen LogP contribution is 2.46. The number of hydrogen-bond donors (Lipinski definition) is 0. The molecule has 4 heteroatoms. The van der Waals surface area contributed by atoms with Gasteiger partial charge in [0.2, 0.25) is 0 Å². The molecule has 78 valence electrons. The second kappa shape index (κ2) is 2.49. The molecule has 3 aliphatic rings. The van der Waals surface area contributed by atoms with Gasteiger partial charge in [-0.1, -0.05) is 0 Å². The average molecular weight is 198 g/mol. The van der Waals surface area contributed by atoms with Crippen molar-refractivity contribution in [1.29, 1.82) is 0 Å². The Labute approximate surface area is 82.5 Å². The Morgan fingerprint density at radius 2 is 2.07 bits per heavy atom. The summed E-state index contributed by atoms with van der Waals surface area (Å²) in [5, 5.41) is 0. The summed E-state index contributed by atoms with van der Waals surface area (Å²) in [6.45, 7) is 3.83. The van der Waals surface area contributed by atoms with E-state index >= 15 is 0 Å². The van der Waals surface area contributed by atoms with Gasteiger partial charge in [-0.25, -0.2) is 0 Å². The van der Waals surface area contributed by atoms with E-state index in [0.717, 1.165) is 6.42 Å². The highest BCUT2D eigenvalue weighted by atomic mass is 16.8. The molecule has 1 saturated carbocycles. The van der Waals surface area contributed by atoms with Crippen molar-refractivity contribution in [3.8, 4) is 0 Å². The van der Waals surface area contributed by atoms with Crippen molar-refractivity contribution in [2.24, 2.45) is 5.92 Å². The highest BCUT2D eigenvalue weighted by molar-refractivity contribution is 5.72. The van der Waals surface area contributed by atoms with E-state index in [1.807, 2.05) is 13.8 Å². The van der Waals surface area contributed by atoms with Crippen molar-refractivity contribution in [2.45, 2.75) is 50.8 Å². The molecule has 0 bridgehead atoms. The van der Waals surface area contributed by atoms with Crippen LogP contribution in [0.3, 0.4) is 0 Å². The summed E-state index contributed by atoms with van der Waals surface area (Å²) in [6.07, 6.45) is 1.50. The van der Waals surface area contributed by atoms with Gasteiger partial charge < -0.3 is 14.2 Å². The first-order chi connectivity index (χ1) is 6.55. The van der Waals surface area contributed by atoms with Crippen LogP contribution in [0.2, 0.25) is 0 Å². The van der Waals surface area contributed by atoms with Crippen molar-refractivity contribution in [3.63, 3.8) is 0 Å². The van der Waals surface area contributed by atoms with E-state index in [1.165, 1.54) is 0 Å². The lowest BCUT2D eigenvalue weighted by Gasteiger charge is -2.20. The van der Waals surface area contributed by atoms with Gasteiger partial charge in [-0.05, 0) is 13.8 Å². The molecule has 0 radical (unpaired) electrons. The van der Waals surface area contributed by atoms with E-state index < -0.39 is 5.79 Å². The molecule has 3 rings (SSSR count). The van der Waals surface area contributed by atoms with Crippen LogP contribution in [0.5, 0.6) is 0 Å². The summed E-state index contributed by atoms with van der Waals surface area (Å²) in [5.41, 5.74) is 0. The molecule has 1 aliphatic carbocycles. The minimum absolute atomic E-state index is 0.0357. The second-order valence-corrected chi connectivity index (χ2v) is 4.77. The number of esters is 1. The van der Waals surface area contributed by atoms with E-state index in [1.54, 1.807) is 0 Å². The number of fused-ring (bicyclic) bond motifs is 3. The SMILES string of the molecule is CC1(C)O[C@H]2[C@@H]3CC(=O)O[C@@H]3C[C@H]2O1. The molecule has 2 saturated heterocycles. The summed E-state index contributed by atoms with van der Waals surface area (Å²) in [6, 6.07) is 0. The van der Waals surface area contributed by atoms with E-state index in [0.29, 0.717) is 6.42 Å². The molecule has 0 aromatic heterocycles. The van der Waals surface area contributed by atoms with Crippen LogP contribution >= 0.6 is 0 Å². The van der Waals surface area contributed by atoms with Crippen LogP contribution < -0.4 is 0 Å². The average Bonchev–Trinajstić information content (AvgIpc) is 2.58. The molecule has 4 atom stereocenters. The van der Waals surface area contributed by atoms with Crippen molar-refractivity contribution in [3.05, 3.63) is 0 Å². The Balaban J connectivity index is 1.81. The monoisotopic (exact) mass is 198 g/mol. The standard InChI is InChI=1S/C10H14O4/c1-10(2)13-7-4-6-5(9(7)14-10)3-8(11)12-6/h5-7,9H,3-4H2,1-2H3/t5-,6-,7-,9+/m1/s1. The number of ether oxygens (including phenoxy) is 3. The first kappa shape index (κ1) is 8.68. The fourth-order valence-electron chi connectivity index (χ4n) is 2.82. The van der Waals surface area contributed by atoms with Gasteiger partial charge in [0.25, 0.3) is 0 Å². The maximum Gasteiger partial charge on any atom is 0.306 e. The fourth-order valence-corrected chi connectivity index (χ4v) is 2.82. The van der Waals surface area contributed by atoms with Gasteiger partial charge in [0.15, 0.2) is 5.79 Å². The first-order valence-corrected chi connectivity index (χ1v) is 5.10. The Bertz CT molecular complexity index is 286. The van der Waals surface area contributed by atoms with Gasteiger partial charge in [0.05, 0.1) is 18.6 Å². The minimum atomic E-state index is -0.494. The van der Waals surface area contributed by atoms with Crippen LogP contribution in [-0.2, 0) is 19.0 Å². The molecule has 3 fully saturated rings. The lowest BCUT2D eigenvalue weighted by molar-refractivity contribution is -0.162. The largest absolute Gasteiger partial charge is 0.462 e. The highest BCUT2D eigenvalue weighted by Gasteiger charge is 2.57.